The van der Waals surface area contributed by atoms with Crippen LogP contribution in [0.5, 0.6) is 0 Å². The van der Waals surface area contributed by atoms with E-state index in [0.717, 1.165) is 51.9 Å². The van der Waals surface area contributed by atoms with Gasteiger partial charge in [-0.15, -0.1) is 0 Å². The minimum atomic E-state index is 0.185. The van der Waals surface area contributed by atoms with Gasteiger partial charge < -0.3 is 15.4 Å². The molecule has 23 heavy (non-hydrogen) atoms. The van der Waals surface area contributed by atoms with E-state index in [1.54, 1.807) is 6.20 Å². The first-order chi connectivity index (χ1) is 11.2. The number of nitrogens with zero attached hydrogens (tertiary/aromatic N) is 3. The van der Waals surface area contributed by atoms with Gasteiger partial charge in [0, 0.05) is 32.4 Å². The number of pyridine rings is 1. The van der Waals surface area contributed by atoms with E-state index in [2.05, 4.69) is 9.88 Å². The standard InChI is InChI=1S/C17H26N4O2/c18-16-11-14(5-6-19-16)3-4-15-12-20(9-10-23-15)13-17(22)21-7-1-2-8-21/h5-6,11,15H,1-4,7-10,12-13H2,(H2,18,19). The highest BCUT2D eigenvalue weighted by atomic mass is 16.5. The molecule has 3 heterocycles. The SMILES string of the molecule is Nc1cc(CCC2CN(CC(=O)N3CCCC3)CCO2)ccn1. The van der Waals surface area contributed by atoms with Crippen LogP contribution in [0.15, 0.2) is 18.3 Å². The van der Waals surface area contributed by atoms with Crippen LogP contribution in [-0.4, -0.2) is 66.1 Å². The topological polar surface area (TPSA) is 71.7 Å². The lowest BCUT2D eigenvalue weighted by atomic mass is 10.1. The van der Waals surface area contributed by atoms with Gasteiger partial charge in [-0.1, -0.05) is 0 Å². The summed E-state index contributed by atoms with van der Waals surface area (Å²) in [5.74, 6) is 0.829. The molecule has 2 N–H and O–H groups in total. The van der Waals surface area contributed by atoms with Crippen LogP contribution in [-0.2, 0) is 16.0 Å². The Morgan fingerprint density at radius 3 is 2.96 bits per heavy atom. The van der Waals surface area contributed by atoms with Gasteiger partial charge in [0.2, 0.25) is 5.91 Å². The summed E-state index contributed by atoms with van der Waals surface area (Å²) >= 11 is 0. The predicted octanol–water partition coefficient (Wildman–Crippen LogP) is 0.920. The number of carbonyl (C=O) groups is 1. The molecular weight excluding hydrogens is 292 g/mol. The molecule has 2 aliphatic heterocycles. The number of aryl methyl sites for hydroxylation is 1. The maximum Gasteiger partial charge on any atom is 0.236 e. The summed E-state index contributed by atoms with van der Waals surface area (Å²) in [6.45, 7) is 4.77. The lowest BCUT2D eigenvalue weighted by molar-refractivity contribution is -0.133. The highest BCUT2D eigenvalue weighted by Gasteiger charge is 2.25. The molecule has 0 bridgehead atoms. The number of amides is 1. The van der Waals surface area contributed by atoms with Gasteiger partial charge in [-0.05, 0) is 43.4 Å². The van der Waals surface area contributed by atoms with Gasteiger partial charge in [0.1, 0.15) is 5.82 Å². The fourth-order valence-electron chi connectivity index (χ4n) is 3.33. The van der Waals surface area contributed by atoms with Crippen molar-refractivity contribution in [3.8, 4) is 0 Å². The van der Waals surface area contributed by atoms with Crippen LogP contribution in [0.1, 0.15) is 24.8 Å². The lowest BCUT2D eigenvalue weighted by Gasteiger charge is -2.33. The lowest BCUT2D eigenvalue weighted by Crippen LogP contribution is -2.47. The van der Waals surface area contributed by atoms with Crippen molar-refractivity contribution in [2.45, 2.75) is 31.8 Å². The molecule has 0 spiro atoms. The Labute approximate surface area is 137 Å². The van der Waals surface area contributed by atoms with Crippen molar-refractivity contribution in [1.82, 2.24) is 14.8 Å². The first-order valence-corrected chi connectivity index (χ1v) is 8.53. The number of rotatable bonds is 5. The summed E-state index contributed by atoms with van der Waals surface area (Å²) in [6.07, 6.45) is 6.08. The summed E-state index contributed by atoms with van der Waals surface area (Å²) in [7, 11) is 0. The molecular formula is C17H26N4O2. The Balaban J connectivity index is 1.45. The van der Waals surface area contributed by atoms with Crippen LogP contribution >= 0.6 is 0 Å². The van der Waals surface area contributed by atoms with E-state index in [1.165, 1.54) is 5.56 Å². The second kappa shape index (κ2) is 7.75. The Kier molecular flexibility index (Phi) is 5.46. The average molecular weight is 318 g/mol. The molecule has 6 heteroatoms. The summed E-state index contributed by atoms with van der Waals surface area (Å²) in [6, 6.07) is 3.91. The molecule has 1 aromatic rings. The van der Waals surface area contributed by atoms with Crippen molar-refractivity contribution in [3.63, 3.8) is 0 Å². The molecule has 126 valence electrons. The van der Waals surface area contributed by atoms with E-state index in [0.29, 0.717) is 19.0 Å². The fraction of sp³-hybridized carbons (Fsp3) is 0.647. The van der Waals surface area contributed by atoms with Gasteiger partial charge in [-0.3, -0.25) is 9.69 Å². The maximum absolute atomic E-state index is 12.3. The third kappa shape index (κ3) is 4.65. The molecule has 2 fully saturated rings. The molecule has 0 aromatic carbocycles. The molecule has 6 nitrogen and oxygen atoms in total. The van der Waals surface area contributed by atoms with Gasteiger partial charge in [0.25, 0.3) is 0 Å². The van der Waals surface area contributed by atoms with Crippen LogP contribution in [0.2, 0.25) is 0 Å². The van der Waals surface area contributed by atoms with E-state index in [9.17, 15) is 4.79 Å². The van der Waals surface area contributed by atoms with Crippen molar-refractivity contribution in [2.24, 2.45) is 0 Å². The number of nitrogen functional groups attached to an aromatic ring is 1. The third-order valence-electron chi connectivity index (χ3n) is 4.64. The maximum atomic E-state index is 12.3. The van der Waals surface area contributed by atoms with E-state index >= 15 is 0 Å². The highest BCUT2D eigenvalue weighted by molar-refractivity contribution is 5.78. The monoisotopic (exact) mass is 318 g/mol. The van der Waals surface area contributed by atoms with E-state index in [1.807, 2.05) is 17.0 Å². The Morgan fingerprint density at radius 1 is 1.35 bits per heavy atom. The van der Waals surface area contributed by atoms with Crippen LogP contribution in [0.25, 0.3) is 0 Å². The van der Waals surface area contributed by atoms with Crippen molar-refractivity contribution in [2.75, 3.05) is 45.1 Å². The second-order valence-corrected chi connectivity index (χ2v) is 6.44. The minimum absolute atomic E-state index is 0.185. The van der Waals surface area contributed by atoms with Crippen molar-refractivity contribution in [1.29, 1.82) is 0 Å². The fourth-order valence-corrected chi connectivity index (χ4v) is 3.33. The number of likely N-dealkylation sites (tertiary alicyclic amines) is 1. The number of hydrogen-bond acceptors (Lipinski definition) is 5. The molecule has 0 saturated carbocycles. The van der Waals surface area contributed by atoms with Crippen molar-refractivity contribution < 1.29 is 9.53 Å². The van der Waals surface area contributed by atoms with Gasteiger partial charge in [0.05, 0.1) is 19.3 Å². The summed E-state index contributed by atoms with van der Waals surface area (Å²) in [5.41, 5.74) is 6.90. The zero-order chi connectivity index (χ0) is 16.1. The van der Waals surface area contributed by atoms with Crippen molar-refractivity contribution >= 4 is 11.7 Å². The number of nitrogens with two attached hydrogens (primary N) is 1. The first-order valence-electron chi connectivity index (χ1n) is 8.53. The zero-order valence-electron chi connectivity index (χ0n) is 13.6. The average Bonchev–Trinajstić information content (AvgIpc) is 3.08. The van der Waals surface area contributed by atoms with Crippen LogP contribution in [0, 0.1) is 0 Å². The molecule has 1 atom stereocenters. The molecule has 1 aromatic heterocycles. The zero-order valence-corrected chi connectivity index (χ0v) is 13.6. The van der Waals surface area contributed by atoms with Crippen molar-refractivity contribution in [3.05, 3.63) is 23.9 Å². The molecule has 2 saturated heterocycles. The Hall–Kier alpha value is -1.66. The number of carbonyl (C=O) groups excluding carboxylic acids is 1. The molecule has 0 aliphatic carbocycles. The van der Waals surface area contributed by atoms with Gasteiger partial charge in [-0.25, -0.2) is 4.98 Å². The van der Waals surface area contributed by atoms with Gasteiger partial charge >= 0.3 is 0 Å². The number of aromatic nitrogens is 1. The Morgan fingerprint density at radius 2 is 2.17 bits per heavy atom. The van der Waals surface area contributed by atoms with Crippen LogP contribution < -0.4 is 5.73 Å². The van der Waals surface area contributed by atoms with E-state index < -0.39 is 0 Å². The van der Waals surface area contributed by atoms with Crippen LogP contribution in [0.4, 0.5) is 5.82 Å². The molecule has 3 rings (SSSR count). The van der Waals surface area contributed by atoms with Gasteiger partial charge in [-0.2, -0.15) is 0 Å². The third-order valence-corrected chi connectivity index (χ3v) is 4.64. The van der Waals surface area contributed by atoms with E-state index in [4.69, 9.17) is 10.5 Å². The number of hydrogen-bond donors (Lipinski definition) is 1. The summed E-state index contributed by atoms with van der Waals surface area (Å²) in [4.78, 5) is 20.5. The van der Waals surface area contributed by atoms with Gasteiger partial charge in [0.15, 0.2) is 0 Å². The first kappa shape index (κ1) is 16.2. The summed E-state index contributed by atoms with van der Waals surface area (Å²) in [5, 5.41) is 0. The molecule has 2 aliphatic rings. The smallest absolute Gasteiger partial charge is 0.236 e. The molecule has 1 unspecified atom stereocenters. The molecule has 0 radical (unpaired) electrons. The summed E-state index contributed by atoms with van der Waals surface area (Å²) < 4.78 is 5.85. The molecule has 1 amide bonds. The highest BCUT2D eigenvalue weighted by Crippen LogP contribution is 2.14. The number of ether oxygens (including phenoxy) is 1. The van der Waals surface area contributed by atoms with Crippen LogP contribution in [0.3, 0.4) is 0 Å². The number of morpholine rings is 1. The second-order valence-electron chi connectivity index (χ2n) is 6.44. The quantitative estimate of drug-likeness (QED) is 0.874. The predicted molar refractivity (Wildman–Crippen MR) is 89.0 cm³/mol. The number of anilines is 1. The van der Waals surface area contributed by atoms with E-state index in [-0.39, 0.29) is 12.0 Å². The minimum Gasteiger partial charge on any atom is -0.384 e. The normalized spacial score (nSPS) is 22.4. The Bertz CT molecular complexity index is 531. The largest absolute Gasteiger partial charge is 0.384 e.